The standard InChI is InChI=1S/C62H101NO8/c1-6-8-10-12-14-16-18-20-22-23-24-25-26-27-28-29-30-31-32-33-34-35-36-37-39-41-43-45-47-49-51-53-60(65)71-58(57-70-62(61(66)67)68-55-54-63(3,4)5)56-69-59(64)52-50-48-46-44-42-40-38-21-19-17-15-13-11-9-7-2/h8-11,14-17,20-22,24-25,27-28,30-31,38,42,44,58,62H,6-7,12-13,18-19,23,26,29,32-37,39-41,43,45-57H2,1-5H3/p+1/b10-8-,11-9-,16-14-,17-15-,22-20-,25-24-,28-27-,31-30-,38-21-,44-42-. The van der Waals surface area contributed by atoms with Gasteiger partial charge in [-0.1, -0.05) is 200 Å². The van der Waals surface area contributed by atoms with Crippen molar-refractivity contribution < 1.29 is 42.9 Å². The van der Waals surface area contributed by atoms with Crippen LogP contribution in [0.1, 0.15) is 194 Å². The minimum atomic E-state index is -1.53. The van der Waals surface area contributed by atoms with Crippen LogP contribution in [0.15, 0.2) is 122 Å². The summed E-state index contributed by atoms with van der Waals surface area (Å²) in [7, 11) is 5.94. The van der Waals surface area contributed by atoms with Gasteiger partial charge < -0.3 is 28.5 Å². The van der Waals surface area contributed by atoms with E-state index in [2.05, 4.69) is 135 Å². The third kappa shape index (κ3) is 53.3. The smallest absolute Gasteiger partial charge is 0.361 e. The molecule has 0 aliphatic carbocycles. The molecule has 1 N–H and O–H groups in total. The van der Waals surface area contributed by atoms with Crippen molar-refractivity contribution in [2.75, 3.05) is 47.5 Å². The molecular formula is C62H102NO8+. The number of rotatable bonds is 49. The number of likely N-dealkylation sites (N-methyl/N-ethyl adjacent to an activating group) is 1. The zero-order chi connectivity index (χ0) is 52.0. The molecule has 71 heavy (non-hydrogen) atoms. The van der Waals surface area contributed by atoms with Crippen molar-refractivity contribution >= 4 is 17.9 Å². The number of hydrogen-bond acceptors (Lipinski definition) is 7. The van der Waals surface area contributed by atoms with E-state index >= 15 is 0 Å². The Bertz CT molecular complexity index is 1570. The van der Waals surface area contributed by atoms with Crippen molar-refractivity contribution in [3.8, 4) is 0 Å². The number of carboxylic acids is 1. The van der Waals surface area contributed by atoms with E-state index in [4.69, 9.17) is 18.9 Å². The van der Waals surface area contributed by atoms with Gasteiger partial charge in [-0.25, -0.2) is 4.79 Å². The highest BCUT2D eigenvalue weighted by Gasteiger charge is 2.25. The third-order valence-electron chi connectivity index (χ3n) is 11.2. The second-order valence-corrected chi connectivity index (χ2v) is 19.1. The molecule has 0 heterocycles. The number of allylic oxidation sites excluding steroid dienone is 20. The lowest BCUT2D eigenvalue weighted by Crippen LogP contribution is -2.40. The average Bonchev–Trinajstić information content (AvgIpc) is 3.34. The predicted molar refractivity (Wildman–Crippen MR) is 299 cm³/mol. The van der Waals surface area contributed by atoms with Gasteiger partial charge in [-0.15, -0.1) is 0 Å². The summed E-state index contributed by atoms with van der Waals surface area (Å²) in [5.74, 6) is -2.08. The molecule has 0 rings (SSSR count). The molecule has 0 saturated carbocycles. The number of carbonyl (C=O) groups is 3. The van der Waals surface area contributed by atoms with Crippen molar-refractivity contribution in [1.29, 1.82) is 0 Å². The fourth-order valence-corrected chi connectivity index (χ4v) is 7.01. The van der Waals surface area contributed by atoms with Crippen LogP contribution in [-0.4, -0.2) is 87.4 Å². The van der Waals surface area contributed by atoms with Gasteiger partial charge in [0.25, 0.3) is 6.29 Å². The summed E-state index contributed by atoms with van der Waals surface area (Å²) in [6, 6.07) is 0. The normalized spacial score (nSPS) is 13.8. The molecule has 2 unspecified atom stereocenters. The number of nitrogens with zero attached hydrogens (tertiary/aromatic N) is 1. The van der Waals surface area contributed by atoms with Gasteiger partial charge in [0.2, 0.25) is 0 Å². The van der Waals surface area contributed by atoms with Crippen LogP contribution in [0.3, 0.4) is 0 Å². The topological polar surface area (TPSA) is 108 Å². The third-order valence-corrected chi connectivity index (χ3v) is 11.2. The number of ether oxygens (including phenoxy) is 4. The van der Waals surface area contributed by atoms with Gasteiger partial charge in [0.05, 0.1) is 34.4 Å². The molecule has 0 aliphatic heterocycles. The summed E-state index contributed by atoms with van der Waals surface area (Å²) < 4.78 is 22.8. The minimum Gasteiger partial charge on any atom is -0.477 e. The fraction of sp³-hybridized carbons (Fsp3) is 0.629. The molecule has 2 atom stereocenters. The number of carbonyl (C=O) groups excluding carboxylic acids is 2. The molecule has 0 aromatic heterocycles. The quantitative estimate of drug-likeness (QED) is 0.0211. The van der Waals surface area contributed by atoms with E-state index < -0.39 is 30.3 Å². The molecule has 0 radical (unpaired) electrons. The van der Waals surface area contributed by atoms with Crippen molar-refractivity contribution in [3.63, 3.8) is 0 Å². The first kappa shape index (κ1) is 66.7. The summed E-state index contributed by atoms with van der Waals surface area (Å²) in [5, 5.41) is 9.68. The van der Waals surface area contributed by atoms with E-state index in [0.717, 1.165) is 96.3 Å². The van der Waals surface area contributed by atoms with Gasteiger partial charge in [0, 0.05) is 12.8 Å². The summed E-state index contributed by atoms with van der Waals surface area (Å²) in [4.78, 5) is 37.3. The summed E-state index contributed by atoms with van der Waals surface area (Å²) in [6.45, 7) is 4.57. The molecular weight excluding hydrogens is 887 g/mol. The molecule has 402 valence electrons. The molecule has 0 aliphatic rings. The largest absolute Gasteiger partial charge is 0.477 e. The first-order valence-electron chi connectivity index (χ1n) is 27.7. The Hall–Kier alpha value is -4.31. The summed E-state index contributed by atoms with van der Waals surface area (Å²) in [6.07, 6.45) is 70.0. The lowest BCUT2D eigenvalue weighted by atomic mass is 10.0. The van der Waals surface area contributed by atoms with Crippen LogP contribution in [0.2, 0.25) is 0 Å². The number of quaternary nitrogens is 1. The molecule has 0 spiro atoms. The van der Waals surface area contributed by atoms with E-state index in [1.165, 1.54) is 57.8 Å². The van der Waals surface area contributed by atoms with Crippen molar-refractivity contribution in [3.05, 3.63) is 122 Å². The number of esters is 2. The predicted octanol–water partition coefficient (Wildman–Crippen LogP) is 16.1. The Morgan fingerprint density at radius 3 is 1.15 bits per heavy atom. The molecule has 0 amide bonds. The van der Waals surface area contributed by atoms with Gasteiger partial charge in [-0.3, -0.25) is 9.59 Å². The maximum absolute atomic E-state index is 12.9. The summed E-state index contributed by atoms with van der Waals surface area (Å²) >= 11 is 0. The van der Waals surface area contributed by atoms with E-state index in [1.807, 2.05) is 21.1 Å². The van der Waals surface area contributed by atoms with E-state index in [0.29, 0.717) is 23.9 Å². The number of aliphatic carboxylic acids is 1. The lowest BCUT2D eigenvalue weighted by Gasteiger charge is -2.25. The van der Waals surface area contributed by atoms with Gasteiger partial charge in [0.15, 0.2) is 6.10 Å². The number of hydrogen-bond donors (Lipinski definition) is 1. The van der Waals surface area contributed by atoms with Gasteiger partial charge >= 0.3 is 17.9 Å². The van der Waals surface area contributed by atoms with Gasteiger partial charge in [-0.05, 0) is 103 Å². The second kappa shape index (κ2) is 52.0. The average molecular weight is 989 g/mol. The monoisotopic (exact) mass is 989 g/mol. The maximum Gasteiger partial charge on any atom is 0.361 e. The molecule has 9 heteroatoms. The van der Waals surface area contributed by atoms with E-state index in [9.17, 15) is 19.5 Å². The second-order valence-electron chi connectivity index (χ2n) is 19.1. The van der Waals surface area contributed by atoms with Crippen LogP contribution < -0.4 is 0 Å². The molecule has 0 fully saturated rings. The van der Waals surface area contributed by atoms with Gasteiger partial charge in [-0.2, -0.15) is 0 Å². The number of unbranched alkanes of at least 4 members (excludes halogenated alkanes) is 14. The molecule has 9 nitrogen and oxygen atoms in total. The highest BCUT2D eigenvalue weighted by atomic mass is 16.7. The Kier molecular flexibility index (Phi) is 48.9. The van der Waals surface area contributed by atoms with Crippen LogP contribution in [0.25, 0.3) is 0 Å². The molecule has 0 aromatic rings. The molecule has 0 saturated heterocycles. The van der Waals surface area contributed by atoms with Crippen molar-refractivity contribution in [2.24, 2.45) is 0 Å². The Morgan fingerprint density at radius 2 is 0.761 bits per heavy atom. The van der Waals surface area contributed by atoms with E-state index in [-0.39, 0.29) is 32.7 Å². The Morgan fingerprint density at radius 1 is 0.423 bits per heavy atom. The van der Waals surface area contributed by atoms with Crippen LogP contribution in [0.5, 0.6) is 0 Å². The highest BCUT2D eigenvalue weighted by Crippen LogP contribution is 2.15. The van der Waals surface area contributed by atoms with Crippen LogP contribution in [-0.2, 0) is 33.3 Å². The molecule has 0 bridgehead atoms. The fourth-order valence-electron chi connectivity index (χ4n) is 7.01. The lowest BCUT2D eigenvalue weighted by molar-refractivity contribution is -0.870. The molecule has 0 aromatic carbocycles. The zero-order valence-electron chi connectivity index (χ0n) is 45.6. The van der Waals surface area contributed by atoms with Gasteiger partial charge in [0.1, 0.15) is 13.2 Å². The summed E-state index contributed by atoms with van der Waals surface area (Å²) in [5.41, 5.74) is 0. The Labute approximate surface area is 434 Å². The minimum absolute atomic E-state index is 0.174. The first-order chi connectivity index (χ1) is 34.6. The van der Waals surface area contributed by atoms with Crippen molar-refractivity contribution in [2.45, 2.75) is 206 Å². The highest BCUT2D eigenvalue weighted by molar-refractivity contribution is 5.71. The SMILES string of the molecule is CC/C=C\C/C=C\C/C=C\C/C=C\C/C=C\C/C=C\CCCCCCCCCCCCCCC(=O)OC(COC(=O)CCCC/C=C\C/C=C\C/C=C\C/C=C\CC)COC(OCC[N+](C)(C)C)C(=O)O. The van der Waals surface area contributed by atoms with Crippen LogP contribution >= 0.6 is 0 Å². The van der Waals surface area contributed by atoms with Crippen molar-refractivity contribution in [1.82, 2.24) is 0 Å². The van der Waals surface area contributed by atoms with E-state index in [1.54, 1.807) is 0 Å². The maximum atomic E-state index is 12.9. The Balaban J connectivity index is 4.26. The number of carboxylic acid groups (broad SMARTS) is 1. The first-order valence-corrected chi connectivity index (χ1v) is 27.7. The van der Waals surface area contributed by atoms with Crippen LogP contribution in [0, 0.1) is 0 Å². The van der Waals surface area contributed by atoms with Crippen LogP contribution in [0.4, 0.5) is 0 Å². The zero-order valence-corrected chi connectivity index (χ0v) is 45.6.